The van der Waals surface area contributed by atoms with E-state index in [1.165, 1.54) is 4.90 Å². The minimum absolute atomic E-state index is 0.156. The van der Waals surface area contributed by atoms with Crippen molar-refractivity contribution in [2.75, 3.05) is 33.4 Å². The maximum atomic E-state index is 11.5. The normalized spacial score (nSPS) is 11.9. The van der Waals surface area contributed by atoms with Crippen molar-refractivity contribution in [2.45, 2.75) is 20.3 Å². The first-order chi connectivity index (χ1) is 8.02. The van der Waals surface area contributed by atoms with E-state index in [9.17, 15) is 9.59 Å². The number of nitrogens with one attached hydrogen (secondary N) is 1. The van der Waals surface area contributed by atoms with Crippen molar-refractivity contribution >= 4 is 12.0 Å². The molecule has 2 N–H and O–H groups in total. The lowest BCUT2D eigenvalue weighted by atomic mass is 10.1. The van der Waals surface area contributed by atoms with Crippen LogP contribution in [-0.2, 0) is 9.53 Å². The van der Waals surface area contributed by atoms with Gasteiger partial charge in [-0.25, -0.2) is 4.79 Å². The molecule has 6 heteroatoms. The first-order valence-electron chi connectivity index (χ1n) is 5.82. The van der Waals surface area contributed by atoms with Gasteiger partial charge >= 0.3 is 12.0 Å². The van der Waals surface area contributed by atoms with E-state index in [0.717, 1.165) is 0 Å². The molecule has 0 saturated heterocycles. The number of rotatable bonds is 8. The summed E-state index contributed by atoms with van der Waals surface area (Å²) in [6, 6.07) is -0.274. The molecular weight excluding hydrogens is 224 g/mol. The molecule has 0 bridgehead atoms. The number of carboxylic acid groups (broad SMARTS) is 1. The van der Waals surface area contributed by atoms with Gasteiger partial charge in [-0.15, -0.1) is 0 Å². The number of carboxylic acids is 1. The molecule has 0 rings (SSSR count). The highest BCUT2D eigenvalue weighted by Crippen LogP contribution is 2.00. The Morgan fingerprint density at radius 2 is 2.06 bits per heavy atom. The molecule has 100 valence electrons. The molecule has 0 aliphatic rings. The fourth-order valence-electron chi connectivity index (χ4n) is 1.20. The van der Waals surface area contributed by atoms with E-state index >= 15 is 0 Å². The fourth-order valence-corrected chi connectivity index (χ4v) is 1.20. The van der Waals surface area contributed by atoms with Crippen LogP contribution in [-0.4, -0.2) is 55.4 Å². The molecule has 1 unspecified atom stereocenters. The number of amides is 2. The first-order valence-corrected chi connectivity index (χ1v) is 5.82. The van der Waals surface area contributed by atoms with Crippen molar-refractivity contribution in [3.63, 3.8) is 0 Å². The zero-order valence-electron chi connectivity index (χ0n) is 10.7. The van der Waals surface area contributed by atoms with Crippen molar-refractivity contribution in [2.24, 2.45) is 5.92 Å². The average Bonchev–Trinajstić information content (AvgIpc) is 2.29. The summed E-state index contributed by atoms with van der Waals surface area (Å²) in [7, 11) is 1.65. The minimum Gasteiger partial charge on any atom is -0.481 e. The van der Waals surface area contributed by atoms with Crippen LogP contribution in [0.2, 0.25) is 0 Å². The summed E-state index contributed by atoms with van der Waals surface area (Å²) in [6.45, 7) is 5.42. The molecular formula is C11H22N2O4. The third-order valence-corrected chi connectivity index (χ3v) is 2.46. The van der Waals surface area contributed by atoms with E-state index in [2.05, 4.69) is 5.32 Å². The van der Waals surface area contributed by atoms with Gasteiger partial charge < -0.3 is 20.1 Å². The number of hydrogen-bond donors (Lipinski definition) is 2. The summed E-state index contributed by atoms with van der Waals surface area (Å²) >= 11 is 0. The molecule has 0 aromatic rings. The molecule has 0 saturated carbocycles. The van der Waals surface area contributed by atoms with Crippen LogP contribution in [0.1, 0.15) is 20.3 Å². The smallest absolute Gasteiger partial charge is 0.317 e. The van der Waals surface area contributed by atoms with Crippen LogP contribution in [0.5, 0.6) is 0 Å². The van der Waals surface area contributed by atoms with Crippen molar-refractivity contribution in [1.82, 2.24) is 10.2 Å². The number of aliphatic carboxylic acids is 1. The first kappa shape index (κ1) is 15.7. The van der Waals surface area contributed by atoms with Gasteiger partial charge in [0, 0.05) is 26.7 Å². The Morgan fingerprint density at radius 3 is 2.53 bits per heavy atom. The van der Waals surface area contributed by atoms with Crippen LogP contribution < -0.4 is 5.32 Å². The van der Waals surface area contributed by atoms with Gasteiger partial charge in [-0.3, -0.25) is 4.79 Å². The van der Waals surface area contributed by atoms with Crippen molar-refractivity contribution in [3.05, 3.63) is 0 Å². The molecule has 1 atom stereocenters. The molecule has 0 radical (unpaired) electrons. The summed E-state index contributed by atoms with van der Waals surface area (Å²) in [5.74, 6) is -1.41. The highest BCUT2D eigenvalue weighted by atomic mass is 16.5. The zero-order chi connectivity index (χ0) is 13.3. The van der Waals surface area contributed by atoms with Gasteiger partial charge in [0.25, 0.3) is 0 Å². The summed E-state index contributed by atoms with van der Waals surface area (Å²) in [5, 5.41) is 11.4. The Balaban J connectivity index is 3.87. The molecule has 0 heterocycles. The lowest BCUT2D eigenvalue weighted by molar-refractivity contribution is -0.141. The zero-order valence-corrected chi connectivity index (χ0v) is 10.7. The molecule has 0 aromatic heterocycles. The molecule has 0 aromatic carbocycles. The van der Waals surface area contributed by atoms with Crippen molar-refractivity contribution < 1.29 is 19.4 Å². The Morgan fingerprint density at radius 1 is 1.41 bits per heavy atom. The van der Waals surface area contributed by atoms with Gasteiger partial charge in [-0.05, 0) is 13.3 Å². The lowest BCUT2D eigenvalue weighted by Crippen LogP contribution is -2.42. The predicted octanol–water partition coefficient (Wildman–Crippen LogP) is 0.775. The van der Waals surface area contributed by atoms with E-state index < -0.39 is 11.9 Å². The van der Waals surface area contributed by atoms with Crippen molar-refractivity contribution in [1.29, 1.82) is 0 Å². The van der Waals surface area contributed by atoms with Gasteiger partial charge in [0.05, 0.1) is 12.5 Å². The summed E-state index contributed by atoms with van der Waals surface area (Å²) in [4.78, 5) is 23.8. The molecule has 0 aliphatic carbocycles. The molecule has 0 fully saturated rings. The summed E-state index contributed by atoms with van der Waals surface area (Å²) in [6.07, 6.45) is 0.498. The van der Waals surface area contributed by atoms with E-state index in [0.29, 0.717) is 26.2 Å². The van der Waals surface area contributed by atoms with Gasteiger partial charge in [-0.1, -0.05) is 6.92 Å². The lowest BCUT2D eigenvalue weighted by Gasteiger charge is -2.19. The topological polar surface area (TPSA) is 78.9 Å². The number of ether oxygens (including phenoxy) is 1. The summed E-state index contributed by atoms with van der Waals surface area (Å²) < 4.78 is 5.12. The van der Waals surface area contributed by atoms with Crippen LogP contribution >= 0.6 is 0 Å². The second-order valence-corrected chi connectivity index (χ2v) is 3.75. The third-order valence-electron chi connectivity index (χ3n) is 2.46. The van der Waals surface area contributed by atoms with Crippen LogP contribution in [0.4, 0.5) is 4.79 Å². The Labute approximate surface area is 102 Å². The quantitative estimate of drug-likeness (QED) is 0.620. The van der Waals surface area contributed by atoms with Gasteiger partial charge in [0.2, 0.25) is 0 Å². The Bertz CT molecular complexity index is 246. The van der Waals surface area contributed by atoms with Gasteiger partial charge in [0.15, 0.2) is 0 Å². The SMILES string of the molecule is CCOCCN(C)C(=O)NCC(CC)C(=O)O. The van der Waals surface area contributed by atoms with E-state index in [-0.39, 0.29) is 12.6 Å². The molecule has 0 spiro atoms. The number of hydrogen-bond acceptors (Lipinski definition) is 3. The average molecular weight is 246 g/mol. The van der Waals surface area contributed by atoms with Crippen LogP contribution in [0.25, 0.3) is 0 Å². The molecule has 17 heavy (non-hydrogen) atoms. The number of carbonyl (C=O) groups excluding carboxylic acids is 1. The second kappa shape index (κ2) is 8.81. The van der Waals surface area contributed by atoms with Gasteiger partial charge in [0.1, 0.15) is 0 Å². The highest BCUT2D eigenvalue weighted by molar-refractivity contribution is 5.75. The summed E-state index contributed by atoms with van der Waals surface area (Å²) in [5.41, 5.74) is 0. The maximum Gasteiger partial charge on any atom is 0.317 e. The third kappa shape index (κ3) is 6.78. The minimum atomic E-state index is -0.884. The largest absolute Gasteiger partial charge is 0.481 e. The van der Waals surface area contributed by atoms with Crippen LogP contribution in [0.3, 0.4) is 0 Å². The second-order valence-electron chi connectivity index (χ2n) is 3.75. The number of urea groups is 1. The van der Waals surface area contributed by atoms with E-state index in [1.54, 1.807) is 14.0 Å². The van der Waals surface area contributed by atoms with Gasteiger partial charge in [-0.2, -0.15) is 0 Å². The molecule has 0 aliphatic heterocycles. The van der Waals surface area contributed by atoms with Crippen molar-refractivity contribution in [3.8, 4) is 0 Å². The van der Waals surface area contributed by atoms with Crippen LogP contribution in [0, 0.1) is 5.92 Å². The Hall–Kier alpha value is -1.30. The van der Waals surface area contributed by atoms with Crippen LogP contribution in [0.15, 0.2) is 0 Å². The number of nitrogens with zero attached hydrogens (tertiary/aromatic N) is 1. The highest BCUT2D eigenvalue weighted by Gasteiger charge is 2.17. The molecule has 6 nitrogen and oxygen atoms in total. The number of carbonyl (C=O) groups is 2. The van der Waals surface area contributed by atoms with E-state index in [1.807, 2.05) is 6.92 Å². The molecule has 2 amide bonds. The predicted molar refractivity (Wildman–Crippen MR) is 63.9 cm³/mol. The number of likely N-dealkylation sites (N-methyl/N-ethyl adjacent to an activating group) is 1. The van der Waals surface area contributed by atoms with E-state index in [4.69, 9.17) is 9.84 Å². The Kier molecular flexibility index (Phi) is 8.13. The monoisotopic (exact) mass is 246 g/mol. The fraction of sp³-hybridized carbons (Fsp3) is 0.818. The maximum absolute atomic E-state index is 11.5. The standard InChI is InChI=1S/C11H22N2O4/c1-4-9(10(14)15)8-12-11(16)13(3)6-7-17-5-2/h9H,4-8H2,1-3H3,(H,12,16)(H,14,15).